The Morgan fingerprint density at radius 2 is 1.52 bits per heavy atom. The number of rotatable bonds is 8. The molecule has 0 fully saturated rings. The number of hydrogen-bond donors (Lipinski definition) is 0. The Morgan fingerprint density at radius 1 is 0.800 bits per heavy atom. The average molecular weight is 525 g/mol. The second-order valence-corrected chi connectivity index (χ2v) is 9.28. The molecule has 0 bridgehead atoms. The summed E-state index contributed by atoms with van der Waals surface area (Å²) in [6.45, 7) is 0.647. The summed E-state index contributed by atoms with van der Waals surface area (Å²) in [7, 11) is 0. The Hall–Kier alpha value is -5.50. The van der Waals surface area contributed by atoms with Crippen molar-refractivity contribution in [1.82, 2.24) is 24.1 Å². The minimum atomic E-state index is 0.131. The van der Waals surface area contributed by atoms with Crippen LogP contribution in [0.1, 0.15) is 17.1 Å². The molecule has 0 aliphatic rings. The van der Waals surface area contributed by atoms with Crippen LogP contribution in [0.15, 0.2) is 125 Å². The first-order chi connectivity index (χ1) is 19.8. The number of oxime groups is 1. The Labute approximate surface area is 229 Å². The maximum absolute atomic E-state index is 5.76. The first-order valence-electron chi connectivity index (χ1n) is 13.0. The summed E-state index contributed by atoms with van der Waals surface area (Å²) in [5.41, 5.74) is 6.65. The van der Waals surface area contributed by atoms with Gasteiger partial charge in [-0.25, -0.2) is 14.5 Å². The van der Waals surface area contributed by atoms with Crippen LogP contribution < -0.4 is 0 Å². The molecule has 0 atom stereocenters. The molecular weight excluding hydrogens is 500 g/mol. The van der Waals surface area contributed by atoms with Gasteiger partial charge in [0.15, 0.2) is 18.1 Å². The molecule has 0 amide bonds. The highest BCUT2D eigenvalue weighted by Gasteiger charge is 2.25. The molecule has 0 aliphatic heterocycles. The molecule has 0 saturated carbocycles. The highest BCUT2D eigenvalue weighted by molar-refractivity contribution is 6.09. The fourth-order valence-corrected chi connectivity index (χ4v) is 4.97. The van der Waals surface area contributed by atoms with Gasteiger partial charge >= 0.3 is 0 Å². The third kappa shape index (κ3) is 4.41. The molecule has 40 heavy (non-hydrogen) atoms. The summed E-state index contributed by atoms with van der Waals surface area (Å²) in [6, 6.07) is 34.3. The molecule has 4 heterocycles. The topological polar surface area (TPSA) is 82.7 Å². The van der Waals surface area contributed by atoms with Crippen molar-refractivity contribution in [3.63, 3.8) is 0 Å². The van der Waals surface area contributed by atoms with Gasteiger partial charge in [-0.1, -0.05) is 96.2 Å². The lowest BCUT2D eigenvalue weighted by atomic mass is 9.99. The zero-order valence-corrected chi connectivity index (χ0v) is 21.5. The van der Waals surface area contributed by atoms with Crippen molar-refractivity contribution in [1.29, 1.82) is 0 Å². The predicted octanol–water partition coefficient (Wildman–Crippen LogP) is 6.61. The average Bonchev–Trinajstić information content (AvgIpc) is 3.75. The van der Waals surface area contributed by atoms with Gasteiger partial charge in [-0.3, -0.25) is 0 Å². The summed E-state index contributed by atoms with van der Waals surface area (Å²) >= 11 is 0. The van der Waals surface area contributed by atoms with E-state index in [0.29, 0.717) is 18.0 Å². The molecule has 0 N–H and O–H groups in total. The molecular formula is C32H24N6O2. The molecule has 8 heteroatoms. The van der Waals surface area contributed by atoms with Crippen LogP contribution in [0.25, 0.3) is 39.1 Å². The largest absolute Gasteiger partial charge is 0.467 e. The minimum absolute atomic E-state index is 0.131. The minimum Gasteiger partial charge on any atom is -0.467 e. The van der Waals surface area contributed by atoms with E-state index in [1.807, 2.05) is 78.9 Å². The van der Waals surface area contributed by atoms with Crippen LogP contribution in [0.4, 0.5) is 0 Å². The van der Waals surface area contributed by atoms with E-state index in [1.54, 1.807) is 23.3 Å². The van der Waals surface area contributed by atoms with Crippen molar-refractivity contribution in [3.05, 3.63) is 133 Å². The molecule has 8 nitrogen and oxygen atoms in total. The zero-order valence-electron chi connectivity index (χ0n) is 21.5. The van der Waals surface area contributed by atoms with E-state index in [9.17, 15) is 0 Å². The number of nitrogens with zero attached hydrogens (tertiary/aromatic N) is 6. The summed E-state index contributed by atoms with van der Waals surface area (Å²) in [6.07, 6.45) is 5.06. The van der Waals surface area contributed by atoms with Crippen LogP contribution in [-0.2, 0) is 18.0 Å². The van der Waals surface area contributed by atoms with E-state index in [1.165, 1.54) is 0 Å². The fourth-order valence-electron chi connectivity index (χ4n) is 4.97. The summed E-state index contributed by atoms with van der Waals surface area (Å²) in [4.78, 5) is 15.3. The van der Waals surface area contributed by atoms with Gasteiger partial charge in [-0.05, 0) is 28.8 Å². The first-order valence-corrected chi connectivity index (χ1v) is 13.0. The second-order valence-electron chi connectivity index (χ2n) is 9.28. The van der Waals surface area contributed by atoms with Crippen molar-refractivity contribution >= 4 is 22.9 Å². The smallest absolute Gasteiger partial charge is 0.192 e. The lowest BCUT2D eigenvalue weighted by Crippen LogP contribution is -2.03. The monoisotopic (exact) mass is 524 g/mol. The normalized spacial score (nSPS) is 11.6. The van der Waals surface area contributed by atoms with E-state index >= 15 is 0 Å². The van der Waals surface area contributed by atoms with Gasteiger partial charge < -0.3 is 13.8 Å². The molecule has 7 rings (SSSR count). The van der Waals surface area contributed by atoms with Crippen molar-refractivity contribution in [2.24, 2.45) is 5.16 Å². The van der Waals surface area contributed by atoms with Crippen LogP contribution in [0, 0.1) is 0 Å². The molecule has 0 saturated heterocycles. The van der Waals surface area contributed by atoms with Gasteiger partial charge in [0.25, 0.3) is 0 Å². The predicted molar refractivity (Wildman–Crippen MR) is 154 cm³/mol. The number of hydrogen-bond acceptors (Lipinski definition) is 6. The SMILES string of the molecule is C(=N\OCc1nc2c3c(-c4ccccc4)c(-c4ccccc4)n(Cc4ccco4)c3ncn2n1)/c1ccccc1. The molecule has 0 radical (unpaired) electrons. The van der Waals surface area contributed by atoms with Gasteiger partial charge in [-0.15, -0.1) is 5.10 Å². The quantitative estimate of drug-likeness (QED) is 0.165. The first kappa shape index (κ1) is 23.6. The van der Waals surface area contributed by atoms with Crippen molar-refractivity contribution in [3.8, 4) is 22.4 Å². The van der Waals surface area contributed by atoms with Crippen LogP contribution in [0.2, 0.25) is 0 Å². The van der Waals surface area contributed by atoms with E-state index in [2.05, 4.69) is 39.1 Å². The van der Waals surface area contributed by atoms with E-state index in [-0.39, 0.29) is 6.61 Å². The van der Waals surface area contributed by atoms with Crippen LogP contribution in [0.5, 0.6) is 0 Å². The molecule has 3 aromatic carbocycles. The van der Waals surface area contributed by atoms with E-state index in [4.69, 9.17) is 19.2 Å². The molecule has 0 aliphatic carbocycles. The third-order valence-corrected chi connectivity index (χ3v) is 6.70. The third-order valence-electron chi connectivity index (χ3n) is 6.70. The number of fused-ring (bicyclic) bond motifs is 3. The summed E-state index contributed by atoms with van der Waals surface area (Å²) in [5, 5.41) is 9.64. The van der Waals surface area contributed by atoms with E-state index in [0.717, 1.165) is 44.7 Å². The molecule has 0 unspecified atom stereocenters. The molecule has 0 spiro atoms. The molecule has 4 aromatic heterocycles. The van der Waals surface area contributed by atoms with Gasteiger partial charge in [0.05, 0.1) is 30.1 Å². The zero-order chi connectivity index (χ0) is 26.7. The number of furan rings is 1. The van der Waals surface area contributed by atoms with Crippen LogP contribution in [0.3, 0.4) is 0 Å². The number of benzene rings is 3. The Morgan fingerprint density at radius 3 is 2.25 bits per heavy atom. The maximum atomic E-state index is 5.76. The highest BCUT2D eigenvalue weighted by atomic mass is 16.6. The Kier molecular flexibility index (Phi) is 6.10. The van der Waals surface area contributed by atoms with Crippen LogP contribution in [-0.4, -0.2) is 30.4 Å². The lowest BCUT2D eigenvalue weighted by molar-refractivity contribution is 0.126. The maximum Gasteiger partial charge on any atom is 0.192 e. The van der Waals surface area contributed by atoms with Gasteiger partial charge in [0, 0.05) is 5.56 Å². The van der Waals surface area contributed by atoms with Crippen LogP contribution >= 0.6 is 0 Å². The van der Waals surface area contributed by atoms with Crippen molar-refractivity contribution in [2.45, 2.75) is 13.2 Å². The summed E-state index contributed by atoms with van der Waals surface area (Å²) in [5.74, 6) is 1.35. The van der Waals surface area contributed by atoms with Crippen molar-refractivity contribution in [2.75, 3.05) is 0 Å². The highest BCUT2D eigenvalue weighted by Crippen LogP contribution is 2.42. The van der Waals surface area contributed by atoms with E-state index < -0.39 is 0 Å². The molecule has 7 aromatic rings. The van der Waals surface area contributed by atoms with Crippen molar-refractivity contribution < 1.29 is 9.25 Å². The Balaban J connectivity index is 1.40. The number of aromatic nitrogens is 5. The van der Waals surface area contributed by atoms with Gasteiger partial charge in [0.2, 0.25) is 0 Å². The molecule has 194 valence electrons. The van der Waals surface area contributed by atoms with Gasteiger partial charge in [0.1, 0.15) is 17.7 Å². The Bertz CT molecular complexity index is 1910. The standard InChI is InChI=1S/C32H24N6O2/c1-4-11-23(12-5-1)19-34-40-21-27-35-32-29-28(24-13-6-2-7-14-24)30(25-15-8-3-9-16-25)37(20-26-17-10-18-39-26)31(29)33-22-38(32)36-27/h1-19,22H,20-21H2/b34-19+. The second kappa shape index (κ2) is 10.3. The fraction of sp³-hybridized carbons (Fsp3) is 0.0625. The summed E-state index contributed by atoms with van der Waals surface area (Å²) < 4.78 is 9.66. The lowest BCUT2D eigenvalue weighted by Gasteiger charge is -2.11. The van der Waals surface area contributed by atoms with Gasteiger partial charge in [-0.2, -0.15) is 0 Å².